The summed E-state index contributed by atoms with van der Waals surface area (Å²) in [7, 11) is 0. The van der Waals surface area contributed by atoms with Gasteiger partial charge in [-0.25, -0.2) is 0 Å². The van der Waals surface area contributed by atoms with Crippen molar-refractivity contribution in [2.24, 2.45) is 0 Å². The number of nitrogens with one attached hydrogen (secondary N) is 1. The maximum absolute atomic E-state index is 12.4. The number of hydrogen-bond acceptors (Lipinski definition) is 4. The fourth-order valence-electron chi connectivity index (χ4n) is 4.15. The highest BCUT2D eigenvalue weighted by Gasteiger charge is 2.21. The molecule has 0 aromatic heterocycles. The quantitative estimate of drug-likeness (QED) is 0.0769. The van der Waals surface area contributed by atoms with Gasteiger partial charge in [-0.15, -0.1) is 0 Å². The summed E-state index contributed by atoms with van der Waals surface area (Å²) in [4.78, 5) is 23.9. The summed E-state index contributed by atoms with van der Waals surface area (Å²) >= 11 is 0. The van der Waals surface area contributed by atoms with Crippen LogP contribution in [0.3, 0.4) is 0 Å². The van der Waals surface area contributed by atoms with Crippen LogP contribution in [0.25, 0.3) is 0 Å². The minimum absolute atomic E-state index is 0.00113. The summed E-state index contributed by atoms with van der Waals surface area (Å²) < 4.78 is 5.22. The smallest absolute Gasteiger partial charge is 0.305 e. The lowest BCUT2D eigenvalue weighted by Crippen LogP contribution is -2.46. The molecule has 35 heavy (non-hydrogen) atoms. The molecule has 0 saturated carbocycles. The number of esters is 1. The van der Waals surface area contributed by atoms with Crippen LogP contribution in [-0.2, 0) is 14.3 Å². The average Bonchev–Trinajstić information content (AvgIpc) is 2.86. The Labute approximate surface area is 216 Å². The average molecular weight is 496 g/mol. The number of ether oxygens (including phenoxy) is 1. The van der Waals surface area contributed by atoms with Gasteiger partial charge in [0.2, 0.25) is 5.91 Å². The van der Waals surface area contributed by atoms with Crippen LogP contribution in [0, 0.1) is 0 Å². The van der Waals surface area contributed by atoms with E-state index in [4.69, 9.17) is 4.74 Å². The minimum Gasteiger partial charge on any atom is -0.463 e. The molecular weight excluding hydrogens is 438 g/mol. The van der Waals surface area contributed by atoms with Crippen LogP contribution < -0.4 is 5.32 Å². The van der Waals surface area contributed by atoms with E-state index in [1.165, 1.54) is 83.5 Å². The van der Waals surface area contributed by atoms with Gasteiger partial charge in [-0.2, -0.15) is 0 Å². The fraction of sp³-hybridized carbons (Fsp3) is 0.867. The molecule has 0 bridgehead atoms. The lowest BCUT2D eigenvalue weighted by atomic mass is 10.0. The lowest BCUT2D eigenvalue weighted by molar-refractivity contribution is -0.145. The molecule has 5 heteroatoms. The number of rotatable bonds is 25. The predicted octanol–water partition coefficient (Wildman–Crippen LogP) is 7.79. The summed E-state index contributed by atoms with van der Waals surface area (Å²) in [5, 5.41) is 13.5. The second-order valence-electron chi connectivity index (χ2n) is 9.97. The summed E-state index contributed by atoms with van der Waals surface area (Å²) in [6.07, 6.45) is 25.7. The molecule has 2 N–H and O–H groups in total. The molecule has 1 amide bonds. The van der Waals surface area contributed by atoms with E-state index >= 15 is 0 Å². The third-order valence-corrected chi connectivity index (χ3v) is 6.54. The Hall–Kier alpha value is -1.36. The van der Waals surface area contributed by atoms with Gasteiger partial charge in [0, 0.05) is 12.8 Å². The van der Waals surface area contributed by atoms with Crippen molar-refractivity contribution in [1.82, 2.24) is 5.32 Å². The van der Waals surface area contributed by atoms with Crippen LogP contribution in [0.2, 0.25) is 0 Å². The molecule has 0 spiro atoms. The summed E-state index contributed by atoms with van der Waals surface area (Å²) in [6, 6.07) is -0.605. The first-order valence-corrected chi connectivity index (χ1v) is 14.8. The van der Waals surface area contributed by atoms with Crippen LogP contribution in [0.5, 0.6) is 0 Å². The van der Waals surface area contributed by atoms with E-state index in [0.717, 1.165) is 32.1 Å². The molecule has 2 unspecified atom stereocenters. The van der Waals surface area contributed by atoms with Crippen LogP contribution in [0.15, 0.2) is 12.2 Å². The van der Waals surface area contributed by atoms with Crippen molar-refractivity contribution in [2.45, 2.75) is 161 Å². The van der Waals surface area contributed by atoms with Crippen LogP contribution in [0.4, 0.5) is 0 Å². The number of hydrogen-bond donors (Lipinski definition) is 2. The highest BCUT2D eigenvalue weighted by atomic mass is 16.5. The Morgan fingerprint density at radius 1 is 0.743 bits per heavy atom. The van der Waals surface area contributed by atoms with Crippen LogP contribution in [0.1, 0.15) is 149 Å². The van der Waals surface area contributed by atoms with Crippen molar-refractivity contribution >= 4 is 11.9 Å². The van der Waals surface area contributed by atoms with Crippen LogP contribution in [-0.4, -0.2) is 35.7 Å². The van der Waals surface area contributed by atoms with Gasteiger partial charge in [0.25, 0.3) is 0 Å². The second-order valence-corrected chi connectivity index (χ2v) is 9.97. The van der Waals surface area contributed by atoms with Gasteiger partial charge in [-0.1, -0.05) is 129 Å². The third-order valence-electron chi connectivity index (χ3n) is 6.54. The molecule has 0 rings (SSSR count). The van der Waals surface area contributed by atoms with E-state index in [-0.39, 0.29) is 24.9 Å². The largest absolute Gasteiger partial charge is 0.463 e. The first-order valence-electron chi connectivity index (χ1n) is 14.8. The van der Waals surface area contributed by atoms with Gasteiger partial charge in [0.05, 0.1) is 12.1 Å². The topological polar surface area (TPSA) is 75.6 Å². The normalized spacial score (nSPS) is 13.1. The van der Waals surface area contributed by atoms with E-state index in [1.54, 1.807) is 13.0 Å². The molecule has 0 aliphatic rings. The number of allylic oxidation sites excluding steroid dienone is 1. The molecule has 0 saturated heterocycles. The molecule has 0 aliphatic carbocycles. The van der Waals surface area contributed by atoms with Crippen molar-refractivity contribution in [3.8, 4) is 0 Å². The Morgan fingerprint density at radius 3 is 1.74 bits per heavy atom. The number of amides is 1. The minimum atomic E-state index is -0.860. The molecule has 206 valence electrons. The molecular formula is C30H57NO4. The molecule has 0 radical (unpaired) electrons. The van der Waals surface area contributed by atoms with Crippen molar-refractivity contribution < 1.29 is 19.4 Å². The maximum atomic E-state index is 12.4. The number of aliphatic hydroxyl groups excluding tert-OH is 1. The number of carbonyl (C=O) groups is 2. The Kier molecular flexibility index (Phi) is 24.7. The lowest BCUT2D eigenvalue weighted by Gasteiger charge is -2.22. The molecule has 0 aliphatic heterocycles. The van der Waals surface area contributed by atoms with Crippen molar-refractivity contribution in [1.29, 1.82) is 0 Å². The molecule has 0 aromatic carbocycles. The van der Waals surface area contributed by atoms with Crippen molar-refractivity contribution in [2.75, 3.05) is 6.61 Å². The zero-order chi connectivity index (χ0) is 26.0. The standard InChI is InChI=1S/C30H57NO4/c1-4-7-9-11-13-14-15-16-17-18-19-20-22-24-28(32)27(26-35-30(34)6-3)31-29(33)25-23-21-12-10-8-5-2/h22,24,27-28,32H,4-21,23,25-26H2,1-3H3,(H,31,33)/b24-22+. The zero-order valence-electron chi connectivity index (χ0n) is 23.3. The Balaban J connectivity index is 4.14. The monoisotopic (exact) mass is 495 g/mol. The highest BCUT2D eigenvalue weighted by Crippen LogP contribution is 2.12. The summed E-state index contributed by atoms with van der Waals surface area (Å²) in [6.45, 7) is 6.18. The second kappa shape index (κ2) is 25.7. The van der Waals surface area contributed by atoms with Gasteiger partial charge in [-0.05, 0) is 19.3 Å². The van der Waals surface area contributed by atoms with Crippen molar-refractivity contribution in [3.05, 3.63) is 12.2 Å². The van der Waals surface area contributed by atoms with Crippen molar-refractivity contribution in [3.63, 3.8) is 0 Å². The first-order chi connectivity index (χ1) is 17.0. The van der Waals surface area contributed by atoms with Gasteiger partial charge in [0.1, 0.15) is 6.61 Å². The van der Waals surface area contributed by atoms with E-state index in [2.05, 4.69) is 19.2 Å². The SMILES string of the molecule is CCCCCCCCCCCCC/C=C/C(O)C(COC(=O)CC)NC(=O)CCCCCCCC. The molecule has 0 heterocycles. The van der Waals surface area contributed by atoms with Gasteiger partial charge >= 0.3 is 5.97 Å². The fourth-order valence-corrected chi connectivity index (χ4v) is 4.15. The Morgan fingerprint density at radius 2 is 1.23 bits per heavy atom. The molecule has 0 fully saturated rings. The van der Waals surface area contributed by atoms with E-state index in [0.29, 0.717) is 6.42 Å². The highest BCUT2D eigenvalue weighted by molar-refractivity contribution is 5.76. The van der Waals surface area contributed by atoms with Crippen LogP contribution >= 0.6 is 0 Å². The first kappa shape index (κ1) is 33.6. The number of aliphatic hydroxyl groups is 1. The molecule has 0 aromatic rings. The predicted molar refractivity (Wildman–Crippen MR) is 147 cm³/mol. The number of carbonyl (C=O) groups excluding carboxylic acids is 2. The van der Waals surface area contributed by atoms with Gasteiger partial charge in [-0.3, -0.25) is 9.59 Å². The maximum Gasteiger partial charge on any atom is 0.305 e. The van der Waals surface area contributed by atoms with E-state index < -0.39 is 12.1 Å². The molecule has 5 nitrogen and oxygen atoms in total. The van der Waals surface area contributed by atoms with Gasteiger partial charge in [0.15, 0.2) is 0 Å². The third kappa shape index (κ3) is 22.8. The molecule has 2 atom stereocenters. The summed E-state index contributed by atoms with van der Waals surface area (Å²) in [5.41, 5.74) is 0. The zero-order valence-corrected chi connectivity index (χ0v) is 23.3. The summed E-state index contributed by atoms with van der Waals surface area (Å²) in [5.74, 6) is -0.409. The van der Waals surface area contributed by atoms with E-state index in [9.17, 15) is 14.7 Å². The van der Waals surface area contributed by atoms with E-state index in [1.807, 2.05) is 6.08 Å². The number of unbranched alkanes of at least 4 members (excludes halogenated alkanes) is 16. The van der Waals surface area contributed by atoms with Gasteiger partial charge < -0.3 is 15.2 Å². The Bertz CT molecular complexity index is 520.